The predicted molar refractivity (Wildman–Crippen MR) is 84.3 cm³/mol. The molecular formula is C15H23FN2O3S. The maximum absolute atomic E-state index is 13.0. The molecule has 1 aromatic rings. The smallest absolute Gasteiger partial charge is 0.221 e. The number of sulfonamides is 1. The third-order valence-electron chi connectivity index (χ3n) is 3.12. The fourth-order valence-corrected chi connectivity index (χ4v) is 2.78. The molecule has 0 aromatic heterocycles. The number of hydrogen-bond donors (Lipinski definition) is 2. The van der Waals surface area contributed by atoms with Crippen LogP contribution < -0.4 is 10.0 Å². The molecule has 0 aliphatic rings. The van der Waals surface area contributed by atoms with Gasteiger partial charge in [0.15, 0.2) is 0 Å². The molecular weight excluding hydrogens is 307 g/mol. The number of benzene rings is 1. The number of carbonyl (C=O) groups excluding carboxylic acids is 1. The van der Waals surface area contributed by atoms with Gasteiger partial charge in [0.25, 0.3) is 0 Å². The third-order valence-corrected chi connectivity index (χ3v) is 3.83. The van der Waals surface area contributed by atoms with Crippen molar-refractivity contribution in [1.29, 1.82) is 0 Å². The van der Waals surface area contributed by atoms with Gasteiger partial charge in [-0.1, -0.05) is 31.9 Å². The molecule has 1 amide bonds. The summed E-state index contributed by atoms with van der Waals surface area (Å²) in [5, 5.41) is 2.77. The molecule has 0 aliphatic carbocycles. The van der Waals surface area contributed by atoms with E-state index in [2.05, 4.69) is 17.0 Å². The number of nitrogens with one attached hydrogen (secondary N) is 2. The molecule has 7 heteroatoms. The second kappa shape index (κ2) is 8.85. The zero-order chi connectivity index (χ0) is 16.6. The molecule has 1 aromatic carbocycles. The summed E-state index contributed by atoms with van der Waals surface area (Å²) in [7, 11) is -3.48. The molecule has 1 rings (SSSR count). The highest BCUT2D eigenvalue weighted by Gasteiger charge is 2.19. The number of unbranched alkanes of at least 4 members (excludes halogenated alkanes) is 2. The van der Waals surface area contributed by atoms with Gasteiger partial charge in [0.05, 0.1) is 12.3 Å². The molecule has 0 bridgehead atoms. The van der Waals surface area contributed by atoms with E-state index >= 15 is 0 Å². The summed E-state index contributed by atoms with van der Waals surface area (Å²) in [4.78, 5) is 11.9. The van der Waals surface area contributed by atoms with Crippen LogP contribution in [-0.2, 0) is 14.8 Å². The highest BCUT2D eigenvalue weighted by molar-refractivity contribution is 7.88. The van der Waals surface area contributed by atoms with Crippen molar-refractivity contribution in [3.05, 3.63) is 35.6 Å². The zero-order valence-corrected chi connectivity index (χ0v) is 13.7. The first kappa shape index (κ1) is 18.6. The maximum atomic E-state index is 13.0. The van der Waals surface area contributed by atoms with E-state index in [1.807, 2.05) is 0 Å². The summed E-state index contributed by atoms with van der Waals surface area (Å²) in [5.74, 6) is -0.646. The van der Waals surface area contributed by atoms with Gasteiger partial charge < -0.3 is 5.32 Å². The van der Waals surface area contributed by atoms with E-state index in [1.54, 1.807) is 0 Å². The van der Waals surface area contributed by atoms with E-state index in [4.69, 9.17) is 0 Å². The molecule has 0 saturated carbocycles. The van der Waals surface area contributed by atoms with Gasteiger partial charge in [0, 0.05) is 13.0 Å². The lowest BCUT2D eigenvalue weighted by Crippen LogP contribution is -2.33. The average Bonchev–Trinajstić information content (AvgIpc) is 2.42. The van der Waals surface area contributed by atoms with Crippen molar-refractivity contribution in [2.45, 2.75) is 38.6 Å². The molecule has 0 radical (unpaired) electrons. The Hall–Kier alpha value is -1.47. The van der Waals surface area contributed by atoms with Gasteiger partial charge in [-0.2, -0.15) is 0 Å². The van der Waals surface area contributed by atoms with E-state index < -0.39 is 21.9 Å². The Labute approximate surface area is 131 Å². The van der Waals surface area contributed by atoms with Gasteiger partial charge in [-0.25, -0.2) is 17.5 Å². The lowest BCUT2D eigenvalue weighted by atomic mass is 10.0. The first-order chi connectivity index (χ1) is 10.3. The van der Waals surface area contributed by atoms with E-state index in [9.17, 15) is 17.6 Å². The lowest BCUT2D eigenvalue weighted by molar-refractivity contribution is -0.121. The van der Waals surface area contributed by atoms with Crippen LogP contribution in [0.1, 0.15) is 44.2 Å². The van der Waals surface area contributed by atoms with Crippen molar-refractivity contribution in [3.63, 3.8) is 0 Å². The van der Waals surface area contributed by atoms with E-state index in [-0.39, 0.29) is 12.3 Å². The van der Waals surface area contributed by atoms with Crippen LogP contribution in [0.5, 0.6) is 0 Å². The summed E-state index contributed by atoms with van der Waals surface area (Å²) in [6.45, 7) is 2.64. The van der Waals surface area contributed by atoms with E-state index in [0.717, 1.165) is 25.5 Å². The Bertz CT molecular complexity index is 573. The molecule has 0 fully saturated rings. The Morgan fingerprint density at radius 2 is 1.86 bits per heavy atom. The number of carbonyl (C=O) groups is 1. The largest absolute Gasteiger partial charge is 0.356 e. The second-order valence-electron chi connectivity index (χ2n) is 5.26. The zero-order valence-electron chi connectivity index (χ0n) is 12.9. The molecule has 0 unspecified atom stereocenters. The second-order valence-corrected chi connectivity index (χ2v) is 7.04. The Kier molecular flexibility index (Phi) is 7.47. The lowest BCUT2D eigenvalue weighted by Gasteiger charge is -2.17. The predicted octanol–water partition coefficient (Wildman–Crippen LogP) is 2.11. The SMILES string of the molecule is CCCCCNC(=O)C[C@H](NS(C)(=O)=O)c1ccc(F)cc1. The minimum absolute atomic E-state index is 0.0230. The van der Waals surface area contributed by atoms with Gasteiger partial charge in [-0.05, 0) is 24.1 Å². The first-order valence-corrected chi connectivity index (χ1v) is 9.20. The van der Waals surface area contributed by atoms with Crippen molar-refractivity contribution < 1.29 is 17.6 Å². The van der Waals surface area contributed by atoms with Gasteiger partial charge in [-0.15, -0.1) is 0 Å². The topological polar surface area (TPSA) is 75.3 Å². The molecule has 0 spiro atoms. The average molecular weight is 330 g/mol. The highest BCUT2D eigenvalue weighted by atomic mass is 32.2. The Morgan fingerprint density at radius 1 is 1.23 bits per heavy atom. The molecule has 0 aliphatic heterocycles. The quantitative estimate of drug-likeness (QED) is 0.681. The van der Waals surface area contributed by atoms with Crippen molar-refractivity contribution >= 4 is 15.9 Å². The normalized spacial score (nSPS) is 12.9. The third kappa shape index (κ3) is 7.51. The van der Waals surface area contributed by atoms with E-state index in [1.165, 1.54) is 24.3 Å². The van der Waals surface area contributed by atoms with Crippen molar-refractivity contribution in [2.24, 2.45) is 0 Å². The molecule has 0 heterocycles. The summed E-state index contributed by atoms with van der Waals surface area (Å²) in [6, 6.07) is 4.73. The molecule has 22 heavy (non-hydrogen) atoms. The number of rotatable bonds is 9. The summed E-state index contributed by atoms with van der Waals surface area (Å²) >= 11 is 0. The number of hydrogen-bond acceptors (Lipinski definition) is 3. The fraction of sp³-hybridized carbons (Fsp3) is 0.533. The van der Waals surface area contributed by atoms with Crippen molar-refractivity contribution in [3.8, 4) is 0 Å². The number of amides is 1. The minimum Gasteiger partial charge on any atom is -0.356 e. The van der Waals surface area contributed by atoms with Gasteiger partial charge in [0.2, 0.25) is 15.9 Å². The molecule has 124 valence electrons. The van der Waals surface area contributed by atoms with Gasteiger partial charge in [-0.3, -0.25) is 4.79 Å². The summed E-state index contributed by atoms with van der Waals surface area (Å²) in [6.07, 6.45) is 3.99. The van der Waals surface area contributed by atoms with Gasteiger partial charge in [0.1, 0.15) is 5.82 Å². The Morgan fingerprint density at radius 3 is 2.41 bits per heavy atom. The van der Waals surface area contributed by atoms with Gasteiger partial charge >= 0.3 is 0 Å². The standard InChI is InChI=1S/C15H23FN2O3S/c1-3-4-5-10-17-15(19)11-14(18-22(2,20)21)12-6-8-13(16)9-7-12/h6-9,14,18H,3-5,10-11H2,1-2H3,(H,17,19)/t14-/m0/s1. The monoisotopic (exact) mass is 330 g/mol. The van der Waals surface area contributed by atoms with E-state index in [0.29, 0.717) is 12.1 Å². The van der Waals surface area contributed by atoms with Crippen LogP contribution in [0.25, 0.3) is 0 Å². The molecule has 2 N–H and O–H groups in total. The number of halogens is 1. The van der Waals surface area contributed by atoms with Crippen LogP contribution in [0.15, 0.2) is 24.3 Å². The van der Waals surface area contributed by atoms with Crippen molar-refractivity contribution in [2.75, 3.05) is 12.8 Å². The fourth-order valence-electron chi connectivity index (χ4n) is 2.04. The van der Waals surface area contributed by atoms with Crippen LogP contribution in [0.3, 0.4) is 0 Å². The molecule has 1 atom stereocenters. The summed E-state index contributed by atoms with van der Waals surface area (Å²) < 4.78 is 38.3. The van der Waals surface area contributed by atoms with Crippen molar-refractivity contribution in [1.82, 2.24) is 10.0 Å². The van der Waals surface area contributed by atoms with Crippen LogP contribution >= 0.6 is 0 Å². The first-order valence-electron chi connectivity index (χ1n) is 7.31. The maximum Gasteiger partial charge on any atom is 0.221 e. The minimum atomic E-state index is -3.48. The van der Waals surface area contributed by atoms with Crippen LogP contribution in [-0.4, -0.2) is 27.1 Å². The highest BCUT2D eigenvalue weighted by Crippen LogP contribution is 2.18. The van der Waals surface area contributed by atoms with Crippen LogP contribution in [0, 0.1) is 5.82 Å². The molecule has 5 nitrogen and oxygen atoms in total. The van der Waals surface area contributed by atoms with Crippen LogP contribution in [0.4, 0.5) is 4.39 Å². The molecule has 0 saturated heterocycles. The summed E-state index contributed by atoms with van der Waals surface area (Å²) in [5.41, 5.74) is 0.551. The Balaban J connectivity index is 2.70. The van der Waals surface area contributed by atoms with Crippen LogP contribution in [0.2, 0.25) is 0 Å².